The van der Waals surface area contributed by atoms with E-state index in [1.165, 1.54) is 4.68 Å². The summed E-state index contributed by atoms with van der Waals surface area (Å²) in [5.41, 5.74) is 0.480. The van der Waals surface area contributed by atoms with E-state index in [1.807, 2.05) is 61.5 Å². The molecule has 0 unspecified atom stereocenters. The van der Waals surface area contributed by atoms with Gasteiger partial charge in [-0.1, -0.05) is 0 Å². The highest BCUT2D eigenvalue weighted by molar-refractivity contribution is 6.62. The summed E-state index contributed by atoms with van der Waals surface area (Å²) in [5, 5.41) is 5.06. The van der Waals surface area contributed by atoms with Crippen LogP contribution in [-0.2, 0) is 14.0 Å². The summed E-state index contributed by atoms with van der Waals surface area (Å²) >= 11 is 0. The minimum absolute atomic E-state index is 0.428. The zero-order valence-corrected chi connectivity index (χ0v) is 16.7. The molecular formula is C18H26BN3O4. The van der Waals surface area contributed by atoms with Crippen LogP contribution in [0, 0.1) is 6.92 Å². The number of aryl methyl sites for hydroxylation is 1. The number of rotatable bonds is 1. The molecule has 1 aliphatic heterocycles. The van der Waals surface area contributed by atoms with Gasteiger partial charge in [-0.2, -0.15) is 5.10 Å². The summed E-state index contributed by atoms with van der Waals surface area (Å²) in [4.78, 5) is 16.8. The molecule has 3 rings (SSSR count). The fraction of sp³-hybridized carbons (Fsp3) is 0.611. The zero-order valence-electron chi connectivity index (χ0n) is 16.7. The van der Waals surface area contributed by atoms with Crippen LogP contribution in [0.1, 0.15) is 54.2 Å². The van der Waals surface area contributed by atoms with Crippen molar-refractivity contribution in [1.29, 1.82) is 0 Å². The summed E-state index contributed by atoms with van der Waals surface area (Å²) in [6.07, 6.45) is 1.11. The maximum atomic E-state index is 12.4. The Bertz CT molecular complexity index is 851. The maximum Gasteiger partial charge on any atom is 0.496 e. The zero-order chi connectivity index (χ0) is 19.5. The smallest absolute Gasteiger partial charge is 0.442 e. The Hall–Kier alpha value is -1.93. The van der Waals surface area contributed by atoms with Crippen molar-refractivity contribution in [3.63, 3.8) is 0 Å². The number of fused-ring (bicyclic) bond motifs is 1. The number of hydrogen-bond donors (Lipinski definition) is 0. The Morgan fingerprint density at radius 2 is 1.77 bits per heavy atom. The lowest BCUT2D eigenvalue weighted by molar-refractivity contribution is 0.00578. The van der Waals surface area contributed by atoms with E-state index in [1.54, 1.807) is 6.20 Å². The van der Waals surface area contributed by atoms with Crippen molar-refractivity contribution < 1.29 is 18.8 Å². The molecule has 0 bridgehead atoms. The third-order valence-corrected chi connectivity index (χ3v) is 4.82. The SMILES string of the molecule is Cc1nn(C(=O)OC(C)(C)C)c2ncc(B3OC(C)(C)C(C)(C)O3)cc12. The first-order valence-corrected chi connectivity index (χ1v) is 8.75. The molecule has 3 heterocycles. The van der Waals surface area contributed by atoms with Gasteiger partial charge in [0.1, 0.15) is 5.60 Å². The Morgan fingerprint density at radius 1 is 1.19 bits per heavy atom. The third kappa shape index (κ3) is 3.23. The van der Waals surface area contributed by atoms with E-state index in [0.29, 0.717) is 11.3 Å². The van der Waals surface area contributed by atoms with Crippen molar-refractivity contribution >= 4 is 29.7 Å². The summed E-state index contributed by atoms with van der Waals surface area (Å²) in [6, 6.07) is 1.91. The molecule has 1 aliphatic rings. The lowest BCUT2D eigenvalue weighted by Crippen LogP contribution is -2.41. The summed E-state index contributed by atoms with van der Waals surface area (Å²) in [7, 11) is -0.513. The first kappa shape index (κ1) is 18.9. The molecule has 1 fully saturated rings. The van der Waals surface area contributed by atoms with Crippen molar-refractivity contribution in [1.82, 2.24) is 14.8 Å². The van der Waals surface area contributed by atoms with E-state index >= 15 is 0 Å². The molecule has 0 spiro atoms. The van der Waals surface area contributed by atoms with E-state index in [9.17, 15) is 4.79 Å². The van der Waals surface area contributed by atoms with Crippen LogP contribution in [0.4, 0.5) is 4.79 Å². The maximum absolute atomic E-state index is 12.4. The molecule has 140 valence electrons. The molecule has 0 amide bonds. The predicted octanol–water partition coefficient (Wildman–Crippen LogP) is 2.82. The van der Waals surface area contributed by atoms with Crippen molar-refractivity contribution in [2.45, 2.75) is 72.2 Å². The van der Waals surface area contributed by atoms with Gasteiger partial charge < -0.3 is 14.0 Å². The predicted molar refractivity (Wildman–Crippen MR) is 99.6 cm³/mol. The van der Waals surface area contributed by atoms with E-state index in [4.69, 9.17) is 14.0 Å². The van der Waals surface area contributed by atoms with Gasteiger partial charge in [-0.25, -0.2) is 9.78 Å². The molecular weight excluding hydrogens is 333 g/mol. The molecule has 8 heteroatoms. The van der Waals surface area contributed by atoms with E-state index in [-0.39, 0.29) is 0 Å². The normalized spacial score (nSPS) is 19.2. The van der Waals surface area contributed by atoms with E-state index < -0.39 is 30.0 Å². The van der Waals surface area contributed by atoms with Gasteiger partial charge in [-0.05, 0) is 61.5 Å². The molecule has 0 saturated carbocycles. The molecule has 0 aromatic carbocycles. The van der Waals surface area contributed by atoms with Gasteiger partial charge in [0.2, 0.25) is 0 Å². The van der Waals surface area contributed by atoms with Gasteiger partial charge in [0.25, 0.3) is 0 Å². The van der Waals surface area contributed by atoms with Gasteiger partial charge in [0.15, 0.2) is 5.65 Å². The third-order valence-electron chi connectivity index (χ3n) is 4.82. The van der Waals surface area contributed by atoms with Crippen LogP contribution in [0.2, 0.25) is 0 Å². The first-order valence-electron chi connectivity index (χ1n) is 8.75. The Labute approximate surface area is 154 Å². The van der Waals surface area contributed by atoms with Crippen LogP contribution in [0.5, 0.6) is 0 Å². The fourth-order valence-corrected chi connectivity index (χ4v) is 2.70. The van der Waals surface area contributed by atoms with Crippen LogP contribution in [0.3, 0.4) is 0 Å². The molecule has 0 atom stereocenters. The molecule has 2 aromatic heterocycles. The highest BCUT2D eigenvalue weighted by atomic mass is 16.7. The van der Waals surface area contributed by atoms with Gasteiger partial charge in [-0.15, -0.1) is 4.68 Å². The lowest BCUT2D eigenvalue weighted by Gasteiger charge is -2.32. The van der Waals surface area contributed by atoms with Crippen LogP contribution in [0.25, 0.3) is 11.0 Å². The van der Waals surface area contributed by atoms with Gasteiger partial charge in [0.05, 0.1) is 16.9 Å². The molecule has 1 saturated heterocycles. The number of aromatic nitrogens is 3. The van der Waals surface area contributed by atoms with Crippen LogP contribution < -0.4 is 5.46 Å². The van der Waals surface area contributed by atoms with Crippen molar-refractivity contribution in [3.8, 4) is 0 Å². The number of carbonyl (C=O) groups is 1. The summed E-state index contributed by atoms with van der Waals surface area (Å²) in [6.45, 7) is 15.3. The lowest BCUT2D eigenvalue weighted by atomic mass is 9.80. The fourth-order valence-electron chi connectivity index (χ4n) is 2.70. The molecule has 7 nitrogen and oxygen atoms in total. The monoisotopic (exact) mass is 359 g/mol. The Morgan fingerprint density at radius 3 is 2.31 bits per heavy atom. The largest absolute Gasteiger partial charge is 0.496 e. The van der Waals surface area contributed by atoms with Gasteiger partial charge in [-0.3, -0.25) is 0 Å². The van der Waals surface area contributed by atoms with Gasteiger partial charge in [0, 0.05) is 17.0 Å². The number of ether oxygens (including phenoxy) is 1. The molecule has 2 aromatic rings. The highest BCUT2D eigenvalue weighted by Gasteiger charge is 2.51. The average molecular weight is 359 g/mol. The standard InChI is InChI=1S/C18H26BN3O4/c1-11-13-9-12(19-25-17(5,6)18(7,8)26-19)10-20-14(13)22(21-11)15(23)24-16(2,3)4/h9-10H,1-8H3. The van der Waals surface area contributed by atoms with Crippen molar-refractivity contribution in [2.24, 2.45) is 0 Å². The van der Waals surface area contributed by atoms with Crippen LogP contribution >= 0.6 is 0 Å². The Kier molecular flexibility index (Phi) is 4.20. The molecule has 0 N–H and O–H groups in total. The van der Waals surface area contributed by atoms with E-state index in [2.05, 4.69) is 10.1 Å². The van der Waals surface area contributed by atoms with Crippen LogP contribution in [-0.4, -0.2) is 44.8 Å². The number of pyridine rings is 1. The molecule has 26 heavy (non-hydrogen) atoms. The second-order valence-corrected chi connectivity index (χ2v) is 8.71. The minimum atomic E-state index is -0.605. The van der Waals surface area contributed by atoms with E-state index in [0.717, 1.165) is 10.8 Å². The van der Waals surface area contributed by atoms with Gasteiger partial charge >= 0.3 is 13.2 Å². The average Bonchev–Trinajstić information content (AvgIpc) is 2.91. The number of nitrogens with zero attached hydrogens (tertiary/aromatic N) is 3. The topological polar surface area (TPSA) is 75.5 Å². The molecule has 0 aliphatic carbocycles. The number of hydrogen-bond acceptors (Lipinski definition) is 6. The summed E-state index contributed by atoms with van der Waals surface area (Å²) in [5.74, 6) is 0. The quantitative estimate of drug-likeness (QED) is 0.729. The minimum Gasteiger partial charge on any atom is -0.442 e. The van der Waals surface area contributed by atoms with Crippen molar-refractivity contribution in [3.05, 3.63) is 18.0 Å². The highest BCUT2D eigenvalue weighted by Crippen LogP contribution is 2.36. The van der Waals surface area contributed by atoms with Crippen LogP contribution in [0.15, 0.2) is 12.3 Å². The molecule has 0 radical (unpaired) electrons. The first-order chi connectivity index (χ1) is 11.8. The number of carbonyl (C=O) groups excluding carboxylic acids is 1. The Balaban J connectivity index is 1.96. The van der Waals surface area contributed by atoms with Crippen molar-refractivity contribution in [2.75, 3.05) is 0 Å². The summed E-state index contributed by atoms with van der Waals surface area (Å²) < 4.78 is 18.8. The second-order valence-electron chi connectivity index (χ2n) is 8.71. The second kappa shape index (κ2) is 5.79.